The van der Waals surface area contributed by atoms with Gasteiger partial charge in [-0.3, -0.25) is 4.79 Å². The fraction of sp³-hybridized carbons (Fsp3) is 0.333. The topological polar surface area (TPSA) is 99.3 Å². The predicted octanol–water partition coefficient (Wildman–Crippen LogP) is 2.11. The number of fused-ring (bicyclic) bond motifs is 1. The Hall–Kier alpha value is -1.22. The van der Waals surface area contributed by atoms with Crippen LogP contribution in [0.1, 0.15) is 13.8 Å². The number of primary sulfonamides is 1. The predicted molar refractivity (Wildman–Crippen MR) is 81.1 cm³/mol. The summed E-state index contributed by atoms with van der Waals surface area (Å²) in [4.78, 5) is 15.8. The van der Waals surface area contributed by atoms with E-state index in [0.717, 1.165) is 11.3 Å². The lowest BCUT2D eigenvalue weighted by Crippen LogP contribution is -2.30. The lowest BCUT2D eigenvalue weighted by atomic mass is 9.97. The Bertz CT molecular complexity index is 799. The molecule has 0 radical (unpaired) electrons. The van der Waals surface area contributed by atoms with Gasteiger partial charge in [-0.15, -0.1) is 22.9 Å². The first-order chi connectivity index (χ1) is 9.63. The number of esters is 1. The molecule has 0 bridgehead atoms. The Morgan fingerprint density at radius 1 is 1.48 bits per heavy atom. The third-order valence-corrected chi connectivity index (χ3v) is 5.69. The Kier molecular flexibility index (Phi) is 4.25. The molecule has 0 saturated carbocycles. The van der Waals surface area contributed by atoms with Crippen molar-refractivity contribution in [2.75, 3.05) is 5.88 Å². The molecule has 1 aromatic carbocycles. The lowest BCUT2D eigenvalue weighted by Gasteiger charge is -2.18. The van der Waals surface area contributed by atoms with Gasteiger partial charge in [-0.2, -0.15) is 0 Å². The van der Waals surface area contributed by atoms with Crippen LogP contribution in [-0.2, 0) is 14.8 Å². The smallest absolute Gasteiger partial charge is 0.318 e. The van der Waals surface area contributed by atoms with Crippen LogP contribution in [-0.4, -0.2) is 25.3 Å². The number of thiazole rings is 1. The number of alkyl halides is 1. The highest BCUT2D eigenvalue weighted by molar-refractivity contribution is 7.91. The zero-order chi connectivity index (χ0) is 15.8. The second kappa shape index (κ2) is 5.53. The number of carbonyl (C=O) groups excluding carboxylic acids is 1. The first kappa shape index (κ1) is 16.2. The molecule has 0 aliphatic carbocycles. The van der Waals surface area contributed by atoms with E-state index < -0.39 is 21.4 Å². The van der Waals surface area contributed by atoms with Crippen molar-refractivity contribution in [3.63, 3.8) is 0 Å². The van der Waals surface area contributed by atoms with E-state index in [4.69, 9.17) is 21.5 Å². The van der Waals surface area contributed by atoms with Crippen LogP contribution in [0.4, 0.5) is 0 Å². The zero-order valence-corrected chi connectivity index (χ0v) is 13.7. The summed E-state index contributed by atoms with van der Waals surface area (Å²) in [5, 5.41) is 5.03. The average molecular weight is 349 g/mol. The van der Waals surface area contributed by atoms with Crippen molar-refractivity contribution in [3.05, 3.63) is 18.2 Å². The molecule has 0 aliphatic rings. The lowest BCUT2D eigenvalue weighted by molar-refractivity contribution is -0.142. The number of ether oxygens (including phenoxy) is 1. The Labute approximate surface area is 130 Å². The molecule has 0 unspecified atom stereocenters. The number of hydrogen-bond acceptors (Lipinski definition) is 6. The van der Waals surface area contributed by atoms with E-state index in [1.165, 1.54) is 6.07 Å². The summed E-state index contributed by atoms with van der Waals surface area (Å²) >= 11 is 6.63. The van der Waals surface area contributed by atoms with Crippen LogP contribution < -0.4 is 9.88 Å². The number of halogens is 1. The van der Waals surface area contributed by atoms with Crippen LogP contribution in [0.15, 0.2) is 22.5 Å². The minimum absolute atomic E-state index is 0.129. The number of benzene rings is 1. The molecule has 0 aliphatic heterocycles. The van der Waals surface area contributed by atoms with Gasteiger partial charge in [0.2, 0.25) is 4.34 Å². The highest BCUT2D eigenvalue weighted by Crippen LogP contribution is 2.29. The van der Waals surface area contributed by atoms with Crippen LogP contribution in [0.25, 0.3) is 10.2 Å². The van der Waals surface area contributed by atoms with E-state index in [9.17, 15) is 13.2 Å². The standard InChI is InChI=1S/C12H13ClN2O4S2/c1-12(2,6-13)10(16)19-7-3-4-8-9(5-7)20-11(15-8)21(14,17)18/h3-5H,6H2,1-2H3,(H2,14,17,18). The largest absolute Gasteiger partial charge is 0.426 e. The normalized spacial score (nSPS) is 12.6. The summed E-state index contributed by atoms with van der Waals surface area (Å²) in [6.45, 7) is 3.35. The second-order valence-electron chi connectivity index (χ2n) is 5.06. The first-order valence-electron chi connectivity index (χ1n) is 5.85. The molecule has 0 fully saturated rings. The molecule has 1 heterocycles. The number of carbonyl (C=O) groups is 1. The van der Waals surface area contributed by atoms with Crippen molar-refractivity contribution in [1.82, 2.24) is 4.98 Å². The van der Waals surface area contributed by atoms with E-state index in [0.29, 0.717) is 16.0 Å². The van der Waals surface area contributed by atoms with Gasteiger partial charge in [0, 0.05) is 11.9 Å². The molecular weight excluding hydrogens is 336 g/mol. The first-order valence-corrected chi connectivity index (χ1v) is 8.75. The van der Waals surface area contributed by atoms with Crippen LogP contribution >= 0.6 is 22.9 Å². The molecule has 114 valence electrons. The van der Waals surface area contributed by atoms with Gasteiger partial charge in [0.25, 0.3) is 10.0 Å². The van der Waals surface area contributed by atoms with Crippen LogP contribution in [0.5, 0.6) is 5.75 Å². The number of rotatable bonds is 4. The third-order valence-electron chi connectivity index (χ3n) is 2.68. The summed E-state index contributed by atoms with van der Waals surface area (Å²) in [7, 11) is -3.85. The Morgan fingerprint density at radius 2 is 2.14 bits per heavy atom. The summed E-state index contributed by atoms with van der Waals surface area (Å²) in [5.74, 6) is -0.0344. The van der Waals surface area contributed by atoms with Gasteiger partial charge in [-0.1, -0.05) is 0 Å². The maximum atomic E-state index is 11.9. The van der Waals surface area contributed by atoms with Crippen LogP contribution in [0, 0.1) is 5.41 Å². The molecule has 2 rings (SSSR count). The monoisotopic (exact) mass is 348 g/mol. The molecule has 0 amide bonds. The summed E-state index contributed by atoms with van der Waals surface area (Å²) in [6, 6.07) is 4.65. The molecule has 6 nitrogen and oxygen atoms in total. The van der Waals surface area contributed by atoms with Crippen LogP contribution in [0.3, 0.4) is 0 Å². The zero-order valence-electron chi connectivity index (χ0n) is 11.3. The van der Waals surface area contributed by atoms with E-state index in [2.05, 4.69) is 4.98 Å². The maximum Gasteiger partial charge on any atom is 0.318 e. The molecular formula is C12H13ClN2O4S2. The summed E-state index contributed by atoms with van der Waals surface area (Å²) in [5.41, 5.74) is -0.337. The van der Waals surface area contributed by atoms with E-state index in [-0.39, 0.29) is 10.2 Å². The SMILES string of the molecule is CC(C)(CCl)C(=O)Oc1ccc2nc(S(N)(=O)=O)sc2c1. The van der Waals surface area contributed by atoms with Gasteiger partial charge >= 0.3 is 5.97 Å². The average Bonchev–Trinajstić information content (AvgIpc) is 2.81. The van der Waals surface area contributed by atoms with Gasteiger partial charge in [0.15, 0.2) is 0 Å². The van der Waals surface area contributed by atoms with Gasteiger partial charge < -0.3 is 4.74 Å². The molecule has 0 spiro atoms. The van der Waals surface area contributed by atoms with Crippen LogP contribution in [0.2, 0.25) is 0 Å². The number of sulfonamides is 1. The molecule has 1 aromatic heterocycles. The number of aromatic nitrogens is 1. The summed E-state index contributed by atoms with van der Waals surface area (Å²) in [6.07, 6.45) is 0. The Morgan fingerprint density at radius 3 is 2.71 bits per heavy atom. The van der Waals surface area contributed by atoms with Gasteiger partial charge in [-0.25, -0.2) is 18.5 Å². The minimum Gasteiger partial charge on any atom is -0.426 e. The van der Waals surface area contributed by atoms with Gasteiger partial charge in [0.1, 0.15) is 5.75 Å². The maximum absolute atomic E-state index is 11.9. The van der Waals surface area contributed by atoms with Gasteiger partial charge in [0.05, 0.1) is 15.6 Å². The molecule has 2 N–H and O–H groups in total. The van der Waals surface area contributed by atoms with Gasteiger partial charge in [-0.05, 0) is 26.0 Å². The molecule has 9 heteroatoms. The highest BCUT2D eigenvalue weighted by Gasteiger charge is 2.29. The van der Waals surface area contributed by atoms with E-state index in [1.54, 1.807) is 26.0 Å². The van der Waals surface area contributed by atoms with Crippen molar-refractivity contribution >= 4 is 49.1 Å². The fourth-order valence-electron chi connectivity index (χ4n) is 1.37. The molecule has 0 saturated heterocycles. The molecule has 2 aromatic rings. The Balaban J connectivity index is 2.34. The fourth-order valence-corrected chi connectivity index (χ4v) is 3.16. The minimum atomic E-state index is -3.85. The summed E-state index contributed by atoms with van der Waals surface area (Å²) < 4.78 is 28.2. The molecule has 21 heavy (non-hydrogen) atoms. The van der Waals surface area contributed by atoms with E-state index in [1.807, 2.05) is 0 Å². The van der Waals surface area contributed by atoms with Crippen molar-refractivity contribution < 1.29 is 17.9 Å². The molecule has 0 atom stereocenters. The number of nitrogens with two attached hydrogens (primary N) is 1. The van der Waals surface area contributed by atoms with Crippen molar-refractivity contribution in [1.29, 1.82) is 0 Å². The highest BCUT2D eigenvalue weighted by atomic mass is 35.5. The van der Waals surface area contributed by atoms with E-state index >= 15 is 0 Å². The number of hydrogen-bond donors (Lipinski definition) is 1. The third kappa shape index (κ3) is 3.52. The quantitative estimate of drug-likeness (QED) is 0.518. The van der Waals surface area contributed by atoms with Crippen molar-refractivity contribution in [3.8, 4) is 5.75 Å². The second-order valence-corrected chi connectivity index (χ2v) is 8.09. The van der Waals surface area contributed by atoms with Crippen molar-refractivity contribution in [2.45, 2.75) is 18.2 Å². The van der Waals surface area contributed by atoms with Crippen molar-refractivity contribution in [2.24, 2.45) is 10.6 Å². The number of nitrogens with zero attached hydrogens (tertiary/aromatic N) is 1.